The number of ketones is 1. The van der Waals surface area contributed by atoms with Gasteiger partial charge in [-0.1, -0.05) is 24.3 Å². The van der Waals surface area contributed by atoms with Gasteiger partial charge in [0.05, 0.1) is 30.0 Å². The van der Waals surface area contributed by atoms with Crippen LogP contribution in [0.4, 0.5) is 14.9 Å². The lowest BCUT2D eigenvalue weighted by atomic mass is 9.99. The lowest BCUT2D eigenvalue weighted by molar-refractivity contribution is -0.119. The second-order valence-corrected chi connectivity index (χ2v) is 9.37. The normalized spacial score (nSPS) is 15.2. The summed E-state index contributed by atoms with van der Waals surface area (Å²) in [6, 6.07) is 11.4. The minimum Gasteiger partial charge on any atom is -0.442 e. The highest BCUT2D eigenvalue weighted by Crippen LogP contribution is 2.29. The van der Waals surface area contributed by atoms with Crippen LogP contribution in [0.5, 0.6) is 0 Å². The smallest absolute Gasteiger partial charge is 0.414 e. The average Bonchev–Trinajstić information content (AvgIpc) is 3.42. The first-order valence-corrected chi connectivity index (χ1v) is 12.2. The molecule has 1 aromatic heterocycles. The molecule has 0 radical (unpaired) electrons. The Balaban J connectivity index is 1.38. The van der Waals surface area contributed by atoms with Gasteiger partial charge in [0.15, 0.2) is 5.78 Å². The van der Waals surface area contributed by atoms with Crippen LogP contribution in [0.2, 0.25) is 0 Å². The summed E-state index contributed by atoms with van der Waals surface area (Å²) in [6.45, 7) is 3.78. The number of Topliss-reactive ketones (excluding diaryl/α,β-unsaturated/α-hetero) is 1. The number of amides is 2. The Morgan fingerprint density at radius 3 is 2.66 bits per heavy atom. The number of rotatable bonds is 9. The number of benzene rings is 2. The number of nitrogens with zero attached hydrogens (tertiary/aromatic N) is 2. The standard InChI is InChI=1S/C26H26FN3O4S/c1-16-25(35-15-29-16)5-3-4-24(32)19-8-6-18(7-9-19)22-11-10-20(12-23(22)27)30-14-21(34-26(30)33)13-28-17(2)31/h6-12,15,21H,3-5,13-14H2,1-2H3,(H,28,31)/t21-/m0/s1. The van der Waals surface area contributed by atoms with Gasteiger partial charge in [0, 0.05) is 29.3 Å². The molecule has 2 amide bonds. The molecular formula is C26H26FN3O4S. The zero-order valence-electron chi connectivity index (χ0n) is 19.5. The van der Waals surface area contributed by atoms with E-state index in [1.807, 2.05) is 12.4 Å². The summed E-state index contributed by atoms with van der Waals surface area (Å²) in [4.78, 5) is 42.6. The quantitative estimate of drug-likeness (QED) is 0.426. The molecule has 1 atom stereocenters. The molecule has 3 aromatic rings. The van der Waals surface area contributed by atoms with Gasteiger partial charge in [0.1, 0.15) is 11.9 Å². The van der Waals surface area contributed by atoms with E-state index >= 15 is 0 Å². The van der Waals surface area contributed by atoms with E-state index in [-0.39, 0.29) is 24.8 Å². The third-order valence-corrected chi connectivity index (χ3v) is 6.88. The van der Waals surface area contributed by atoms with E-state index in [4.69, 9.17) is 4.74 Å². The number of hydrogen-bond donors (Lipinski definition) is 1. The molecule has 2 aromatic carbocycles. The summed E-state index contributed by atoms with van der Waals surface area (Å²) in [5, 5.41) is 2.61. The largest absolute Gasteiger partial charge is 0.442 e. The molecule has 2 heterocycles. The van der Waals surface area contributed by atoms with E-state index in [1.54, 1.807) is 47.7 Å². The van der Waals surface area contributed by atoms with Crippen molar-refractivity contribution in [3.8, 4) is 11.1 Å². The summed E-state index contributed by atoms with van der Waals surface area (Å²) >= 11 is 1.61. The van der Waals surface area contributed by atoms with Crippen LogP contribution in [0.15, 0.2) is 48.0 Å². The van der Waals surface area contributed by atoms with Crippen molar-refractivity contribution in [2.45, 2.75) is 39.2 Å². The number of nitrogens with one attached hydrogen (secondary N) is 1. The number of carbonyl (C=O) groups is 3. The van der Waals surface area contributed by atoms with Crippen molar-refractivity contribution in [2.24, 2.45) is 0 Å². The number of cyclic esters (lactones) is 1. The van der Waals surface area contributed by atoms with Gasteiger partial charge in [-0.05, 0) is 43.5 Å². The maximum Gasteiger partial charge on any atom is 0.414 e. The molecule has 0 bridgehead atoms. The molecule has 1 N–H and O–H groups in total. The predicted molar refractivity (Wildman–Crippen MR) is 132 cm³/mol. The maximum atomic E-state index is 15.0. The third kappa shape index (κ3) is 5.92. The van der Waals surface area contributed by atoms with Crippen molar-refractivity contribution >= 4 is 34.8 Å². The zero-order valence-corrected chi connectivity index (χ0v) is 20.4. The highest BCUT2D eigenvalue weighted by atomic mass is 32.1. The summed E-state index contributed by atoms with van der Waals surface area (Å²) in [7, 11) is 0. The minimum atomic E-state index is -0.583. The SMILES string of the molecule is CC(=O)NC[C@H]1CN(c2ccc(-c3ccc(C(=O)CCCc4scnc4C)cc3)c(F)c2)C(=O)O1. The van der Waals surface area contributed by atoms with E-state index in [2.05, 4.69) is 10.3 Å². The van der Waals surface area contributed by atoms with E-state index < -0.39 is 18.0 Å². The fourth-order valence-corrected chi connectivity index (χ4v) is 4.78. The highest BCUT2D eigenvalue weighted by molar-refractivity contribution is 7.09. The second-order valence-electron chi connectivity index (χ2n) is 8.43. The molecular weight excluding hydrogens is 469 g/mol. The molecule has 9 heteroatoms. The fraction of sp³-hybridized carbons (Fsp3) is 0.308. The molecule has 0 aliphatic carbocycles. The van der Waals surface area contributed by atoms with Crippen molar-refractivity contribution in [3.05, 3.63) is 69.9 Å². The summed E-state index contributed by atoms with van der Waals surface area (Å²) in [6.07, 6.45) is 0.945. The fourth-order valence-electron chi connectivity index (χ4n) is 3.96. The van der Waals surface area contributed by atoms with Crippen LogP contribution >= 0.6 is 11.3 Å². The van der Waals surface area contributed by atoms with Crippen molar-refractivity contribution in [1.29, 1.82) is 0 Å². The van der Waals surface area contributed by atoms with Gasteiger partial charge < -0.3 is 10.1 Å². The van der Waals surface area contributed by atoms with Crippen LogP contribution in [0.25, 0.3) is 11.1 Å². The molecule has 4 rings (SSSR count). The van der Waals surface area contributed by atoms with Crippen molar-refractivity contribution < 1.29 is 23.5 Å². The predicted octanol–water partition coefficient (Wildman–Crippen LogP) is 4.92. The Kier molecular flexibility index (Phi) is 7.55. The third-order valence-electron chi connectivity index (χ3n) is 5.89. The molecule has 1 fully saturated rings. The Morgan fingerprint density at radius 1 is 1.23 bits per heavy atom. The van der Waals surface area contributed by atoms with E-state index in [0.29, 0.717) is 28.8 Å². The Morgan fingerprint density at radius 2 is 2.00 bits per heavy atom. The summed E-state index contributed by atoms with van der Waals surface area (Å²) < 4.78 is 20.2. The number of aromatic nitrogens is 1. The zero-order chi connectivity index (χ0) is 24.9. The van der Waals surface area contributed by atoms with Gasteiger partial charge in [0.2, 0.25) is 5.91 Å². The first kappa shape index (κ1) is 24.5. The molecule has 0 spiro atoms. The number of anilines is 1. The van der Waals surface area contributed by atoms with E-state index in [0.717, 1.165) is 18.5 Å². The lowest BCUT2D eigenvalue weighted by Crippen LogP contribution is -2.33. The molecule has 1 saturated heterocycles. The monoisotopic (exact) mass is 495 g/mol. The summed E-state index contributed by atoms with van der Waals surface area (Å²) in [5.74, 6) is -0.649. The summed E-state index contributed by atoms with van der Waals surface area (Å²) in [5.41, 5.74) is 4.82. The van der Waals surface area contributed by atoms with E-state index in [9.17, 15) is 18.8 Å². The molecule has 1 aliphatic rings. The molecule has 0 saturated carbocycles. The van der Waals surface area contributed by atoms with E-state index in [1.165, 1.54) is 22.8 Å². The highest BCUT2D eigenvalue weighted by Gasteiger charge is 2.32. The van der Waals surface area contributed by atoms with Crippen LogP contribution in [0.1, 0.15) is 40.7 Å². The molecule has 7 nitrogen and oxygen atoms in total. The lowest BCUT2D eigenvalue weighted by Gasteiger charge is -2.14. The Bertz CT molecular complexity index is 1240. The average molecular weight is 496 g/mol. The van der Waals surface area contributed by atoms with Gasteiger partial charge in [-0.2, -0.15) is 0 Å². The minimum absolute atomic E-state index is 0.0518. The van der Waals surface area contributed by atoms with Gasteiger partial charge in [-0.25, -0.2) is 14.2 Å². The first-order chi connectivity index (χ1) is 16.8. The first-order valence-electron chi connectivity index (χ1n) is 11.4. The number of aryl methyl sites for hydroxylation is 2. The second kappa shape index (κ2) is 10.8. The molecule has 35 heavy (non-hydrogen) atoms. The number of ether oxygens (including phenoxy) is 1. The van der Waals surface area contributed by atoms with Crippen LogP contribution in [-0.2, 0) is 16.0 Å². The molecule has 182 valence electrons. The molecule has 1 aliphatic heterocycles. The van der Waals surface area contributed by atoms with Gasteiger partial charge in [-0.15, -0.1) is 11.3 Å². The van der Waals surface area contributed by atoms with Gasteiger partial charge >= 0.3 is 6.09 Å². The molecule has 0 unspecified atom stereocenters. The topological polar surface area (TPSA) is 88.6 Å². The van der Waals surface area contributed by atoms with Crippen molar-refractivity contribution in [1.82, 2.24) is 10.3 Å². The van der Waals surface area contributed by atoms with Crippen LogP contribution in [0.3, 0.4) is 0 Å². The van der Waals surface area contributed by atoms with Crippen LogP contribution < -0.4 is 10.2 Å². The number of halogens is 1. The van der Waals surface area contributed by atoms with Gasteiger partial charge in [-0.3, -0.25) is 14.5 Å². The van der Waals surface area contributed by atoms with Crippen LogP contribution in [-0.4, -0.2) is 42.0 Å². The number of hydrogen-bond acceptors (Lipinski definition) is 6. The maximum absolute atomic E-state index is 15.0. The Hall–Kier alpha value is -3.59. The van der Waals surface area contributed by atoms with Crippen molar-refractivity contribution in [2.75, 3.05) is 18.0 Å². The van der Waals surface area contributed by atoms with Crippen molar-refractivity contribution in [3.63, 3.8) is 0 Å². The van der Waals surface area contributed by atoms with Gasteiger partial charge in [0.25, 0.3) is 0 Å². The number of thiazole rings is 1. The Labute approximate surface area is 206 Å². The number of carbonyl (C=O) groups excluding carboxylic acids is 3. The van der Waals surface area contributed by atoms with Crippen LogP contribution in [0, 0.1) is 12.7 Å².